The lowest BCUT2D eigenvalue weighted by molar-refractivity contribution is -0.126. The Hall–Kier alpha value is -2.66. The highest BCUT2D eigenvalue weighted by atomic mass is 16.7. The predicted octanol–water partition coefficient (Wildman–Crippen LogP) is 4.89. The van der Waals surface area contributed by atoms with Crippen LogP contribution in [0.5, 0.6) is 0 Å². The lowest BCUT2D eigenvalue weighted by Crippen LogP contribution is -2.44. The molecule has 2 saturated heterocycles. The fourth-order valence-corrected chi connectivity index (χ4v) is 4.87. The number of anilines is 2. The van der Waals surface area contributed by atoms with Crippen LogP contribution < -0.4 is 9.96 Å². The van der Waals surface area contributed by atoms with Crippen molar-refractivity contribution in [1.29, 1.82) is 0 Å². The van der Waals surface area contributed by atoms with E-state index in [-0.39, 0.29) is 23.8 Å². The number of hydrogen-bond acceptors (Lipinski definition) is 4. The molecule has 0 aliphatic carbocycles. The lowest BCUT2D eigenvalue weighted by Gasteiger charge is -2.34. The Kier molecular flexibility index (Phi) is 5.91. The quantitative estimate of drug-likeness (QED) is 0.614. The number of hydroxylamine groups is 1. The van der Waals surface area contributed by atoms with Gasteiger partial charge in [0.15, 0.2) is 6.10 Å². The van der Waals surface area contributed by atoms with Crippen LogP contribution >= 0.6 is 0 Å². The fourth-order valence-electron chi connectivity index (χ4n) is 4.87. The molecule has 5 nitrogen and oxygen atoms in total. The van der Waals surface area contributed by atoms with Crippen molar-refractivity contribution in [2.24, 2.45) is 11.8 Å². The molecule has 0 radical (unpaired) electrons. The van der Waals surface area contributed by atoms with E-state index < -0.39 is 12.0 Å². The lowest BCUT2D eigenvalue weighted by atomic mass is 9.82. The maximum absolute atomic E-state index is 13.6. The van der Waals surface area contributed by atoms with Crippen molar-refractivity contribution in [2.45, 2.75) is 58.6 Å². The molecule has 2 aromatic rings. The van der Waals surface area contributed by atoms with E-state index in [0.717, 1.165) is 36.9 Å². The highest BCUT2D eigenvalue weighted by molar-refractivity contribution is 6.24. The SMILES string of the molecule is CCCC[C@H](CC)[C@@H]1[C@H]2C(=O)N(c3ccccc3C)C(=O)[C@@H]2ON1c1ccccc1. The molecule has 30 heavy (non-hydrogen) atoms. The van der Waals surface area contributed by atoms with E-state index in [4.69, 9.17) is 4.84 Å². The second-order valence-electron chi connectivity index (χ2n) is 8.31. The van der Waals surface area contributed by atoms with Crippen LogP contribution in [0.15, 0.2) is 54.6 Å². The Morgan fingerprint density at radius 3 is 2.33 bits per heavy atom. The predicted molar refractivity (Wildman–Crippen MR) is 118 cm³/mol. The molecular formula is C25H30N2O3. The van der Waals surface area contributed by atoms with Crippen molar-refractivity contribution in [3.8, 4) is 0 Å². The number of para-hydroxylation sites is 2. The second-order valence-corrected chi connectivity index (χ2v) is 8.31. The van der Waals surface area contributed by atoms with Gasteiger partial charge in [0.05, 0.1) is 23.3 Å². The van der Waals surface area contributed by atoms with Crippen LogP contribution in [0.3, 0.4) is 0 Å². The minimum Gasteiger partial charge on any atom is -0.273 e. The van der Waals surface area contributed by atoms with Gasteiger partial charge in [-0.15, -0.1) is 0 Å². The van der Waals surface area contributed by atoms with Crippen molar-refractivity contribution in [1.82, 2.24) is 0 Å². The third-order valence-corrected chi connectivity index (χ3v) is 6.46. The van der Waals surface area contributed by atoms with Crippen molar-refractivity contribution in [3.63, 3.8) is 0 Å². The number of imide groups is 1. The topological polar surface area (TPSA) is 49.9 Å². The summed E-state index contributed by atoms with van der Waals surface area (Å²) in [5.74, 6) is -0.612. The number of fused-ring (bicyclic) bond motifs is 1. The summed E-state index contributed by atoms with van der Waals surface area (Å²) in [6, 6.07) is 17.2. The summed E-state index contributed by atoms with van der Waals surface area (Å²) in [6.45, 7) is 6.27. The summed E-state index contributed by atoms with van der Waals surface area (Å²) in [5.41, 5.74) is 2.47. The van der Waals surface area contributed by atoms with E-state index in [1.54, 1.807) is 0 Å². The molecule has 4 atom stereocenters. The number of nitrogens with zero attached hydrogens (tertiary/aromatic N) is 2. The van der Waals surface area contributed by atoms with Gasteiger partial charge in [-0.1, -0.05) is 69.5 Å². The summed E-state index contributed by atoms with van der Waals surface area (Å²) >= 11 is 0. The Balaban J connectivity index is 1.73. The summed E-state index contributed by atoms with van der Waals surface area (Å²) in [6.07, 6.45) is 3.38. The zero-order valence-corrected chi connectivity index (χ0v) is 18.0. The maximum atomic E-state index is 13.6. The van der Waals surface area contributed by atoms with Crippen LogP contribution in [0.25, 0.3) is 0 Å². The minimum absolute atomic E-state index is 0.141. The van der Waals surface area contributed by atoms with E-state index in [9.17, 15) is 9.59 Å². The molecule has 158 valence electrons. The molecule has 2 aromatic carbocycles. The molecule has 0 unspecified atom stereocenters. The van der Waals surface area contributed by atoms with Gasteiger partial charge in [0, 0.05) is 0 Å². The highest BCUT2D eigenvalue weighted by Crippen LogP contribution is 2.44. The van der Waals surface area contributed by atoms with Crippen molar-refractivity contribution in [2.75, 3.05) is 9.96 Å². The summed E-state index contributed by atoms with van der Waals surface area (Å²) in [4.78, 5) is 34.6. The molecular weight excluding hydrogens is 376 g/mol. The highest BCUT2D eigenvalue weighted by Gasteiger charge is 2.61. The van der Waals surface area contributed by atoms with Gasteiger partial charge in [-0.2, -0.15) is 0 Å². The minimum atomic E-state index is -0.766. The number of carbonyl (C=O) groups is 2. The van der Waals surface area contributed by atoms with Crippen LogP contribution in [0, 0.1) is 18.8 Å². The molecule has 0 saturated carbocycles. The first-order valence-electron chi connectivity index (χ1n) is 11.0. The van der Waals surface area contributed by atoms with E-state index >= 15 is 0 Å². The van der Waals surface area contributed by atoms with E-state index in [0.29, 0.717) is 5.69 Å². The number of hydrogen-bond donors (Lipinski definition) is 0. The van der Waals surface area contributed by atoms with Gasteiger partial charge in [-0.25, -0.2) is 9.96 Å². The van der Waals surface area contributed by atoms with Crippen LogP contribution in [0.2, 0.25) is 0 Å². The molecule has 2 aliphatic rings. The van der Waals surface area contributed by atoms with Crippen LogP contribution in [0.1, 0.15) is 45.1 Å². The van der Waals surface area contributed by atoms with Crippen molar-refractivity contribution >= 4 is 23.2 Å². The molecule has 5 heteroatoms. The average molecular weight is 407 g/mol. The van der Waals surface area contributed by atoms with Gasteiger partial charge in [0.2, 0.25) is 5.91 Å². The van der Waals surface area contributed by atoms with Gasteiger partial charge in [-0.05, 0) is 43.0 Å². The number of benzene rings is 2. The molecule has 0 N–H and O–H groups in total. The number of amides is 2. The van der Waals surface area contributed by atoms with E-state index in [1.807, 2.05) is 66.6 Å². The van der Waals surface area contributed by atoms with E-state index in [1.165, 1.54) is 4.90 Å². The third kappa shape index (κ3) is 3.41. The van der Waals surface area contributed by atoms with Gasteiger partial charge in [0.1, 0.15) is 0 Å². The van der Waals surface area contributed by atoms with Gasteiger partial charge >= 0.3 is 0 Å². The normalized spacial score (nSPS) is 24.4. The molecule has 2 aliphatic heterocycles. The van der Waals surface area contributed by atoms with Gasteiger partial charge < -0.3 is 0 Å². The van der Waals surface area contributed by atoms with Crippen LogP contribution in [0.4, 0.5) is 11.4 Å². The third-order valence-electron chi connectivity index (χ3n) is 6.46. The summed E-state index contributed by atoms with van der Waals surface area (Å²) in [5, 5.41) is 1.85. The first-order valence-corrected chi connectivity index (χ1v) is 11.0. The van der Waals surface area contributed by atoms with Crippen molar-refractivity contribution < 1.29 is 14.4 Å². The summed E-state index contributed by atoms with van der Waals surface area (Å²) in [7, 11) is 0. The molecule has 4 rings (SSSR count). The largest absolute Gasteiger partial charge is 0.273 e. The molecule has 0 aromatic heterocycles. The Morgan fingerprint density at radius 1 is 0.967 bits per heavy atom. The Morgan fingerprint density at radius 2 is 1.67 bits per heavy atom. The van der Waals surface area contributed by atoms with Gasteiger partial charge in [-0.3, -0.25) is 14.4 Å². The molecule has 2 heterocycles. The molecule has 2 amide bonds. The maximum Gasteiger partial charge on any atom is 0.266 e. The number of rotatable bonds is 7. The zero-order chi connectivity index (χ0) is 21.3. The summed E-state index contributed by atoms with van der Waals surface area (Å²) < 4.78 is 0. The Labute approximate surface area is 178 Å². The fraction of sp³-hybridized carbons (Fsp3) is 0.440. The number of unbranched alkanes of at least 4 members (excludes halogenated alkanes) is 1. The average Bonchev–Trinajstić information content (AvgIpc) is 3.27. The smallest absolute Gasteiger partial charge is 0.266 e. The van der Waals surface area contributed by atoms with Gasteiger partial charge in [0.25, 0.3) is 5.91 Å². The van der Waals surface area contributed by atoms with Crippen molar-refractivity contribution in [3.05, 3.63) is 60.2 Å². The monoisotopic (exact) mass is 406 g/mol. The first kappa shape index (κ1) is 20.6. The van der Waals surface area contributed by atoms with Crippen LogP contribution in [-0.4, -0.2) is 24.0 Å². The molecule has 2 fully saturated rings. The second kappa shape index (κ2) is 8.60. The molecule has 0 bridgehead atoms. The van der Waals surface area contributed by atoms with Crippen LogP contribution in [-0.2, 0) is 14.4 Å². The molecule has 0 spiro atoms. The zero-order valence-electron chi connectivity index (χ0n) is 18.0. The van der Waals surface area contributed by atoms with E-state index in [2.05, 4.69) is 13.8 Å². The standard InChI is InChI=1S/C25H30N2O3/c1-4-6-13-18(5-2)22-21-23(30-27(22)19-14-8-7-9-15-19)25(29)26(24(21)28)20-16-11-10-12-17(20)3/h7-12,14-16,18,21-23H,4-6,13H2,1-3H3/t18-,21+,22+,23+/m0/s1. The number of carbonyl (C=O) groups excluding carboxylic acids is 2. The Bertz CT molecular complexity index is 914. The number of aryl methyl sites for hydroxylation is 1. The first-order chi connectivity index (χ1) is 14.6.